The van der Waals surface area contributed by atoms with Crippen molar-refractivity contribution in [3.8, 4) is 0 Å². The fraction of sp³-hybridized carbons (Fsp3) is 0.900. The lowest BCUT2D eigenvalue weighted by Crippen LogP contribution is -2.33. The van der Waals surface area contributed by atoms with Gasteiger partial charge in [-0.3, -0.25) is 4.79 Å². The highest BCUT2D eigenvalue weighted by Crippen LogP contribution is 2.08. The Balaban J connectivity index is 2.20. The Morgan fingerprint density at radius 1 is 1.29 bits per heavy atom. The van der Waals surface area contributed by atoms with Crippen LogP contribution in [0.5, 0.6) is 0 Å². The highest BCUT2D eigenvalue weighted by atomic mass is 32.2. The lowest BCUT2D eigenvalue weighted by atomic mass is 10.4. The standard InChI is InChI=1S/C10H21N3O3S/c11-5-3-9-17(15,16)12-6-4-10(14)13-7-1-2-8-13/h12H,1-9,11H2. The van der Waals surface area contributed by atoms with Gasteiger partial charge in [-0.05, 0) is 25.8 Å². The molecule has 1 rings (SSSR count). The van der Waals surface area contributed by atoms with Gasteiger partial charge in [-0.25, -0.2) is 13.1 Å². The van der Waals surface area contributed by atoms with E-state index < -0.39 is 10.0 Å². The summed E-state index contributed by atoms with van der Waals surface area (Å²) in [5, 5.41) is 0. The van der Waals surface area contributed by atoms with Gasteiger partial charge in [0.1, 0.15) is 0 Å². The van der Waals surface area contributed by atoms with Gasteiger partial charge in [-0.15, -0.1) is 0 Å². The molecular weight excluding hydrogens is 242 g/mol. The van der Waals surface area contributed by atoms with Gasteiger partial charge in [0.25, 0.3) is 0 Å². The van der Waals surface area contributed by atoms with E-state index >= 15 is 0 Å². The van der Waals surface area contributed by atoms with Gasteiger partial charge in [-0.1, -0.05) is 0 Å². The molecule has 0 spiro atoms. The van der Waals surface area contributed by atoms with Gasteiger partial charge in [0.15, 0.2) is 0 Å². The molecule has 0 unspecified atom stereocenters. The normalized spacial score (nSPS) is 16.4. The van der Waals surface area contributed by atoms with Gasteiger partial charge in [0, 0.05) is 26.1 Å². The van der Waals surface area contributed by atoms with Crippen LogP contribution in [0.3, 0.4) is 0 Å². The summed E-state index contributed by atoms with van der Waals surface area (Å²) in [4.78, 5) is 13.4. The number of sulfonamides is 1. The molecule has 7 heteroatoms. The Kier molecular flexibility index (Phi) is 5.87. The van der Waals surface area contributed by atoms with Crippen LogP contribution in [0.15, 0.2) is 0 Å². The molecule has 3 N–H and O–H groups in total. The molecule has 0 atom stereocenters. The van der Waals surface area contributed by atoms with Crippen molar-refractivity contribution in [3.05, 3.63) is 0 Å². The monoisotopic (exact) mass is 263 g/mol. The summed E-state index contributed by atoms with van der Waals surface area (Å²) in [7, 11) is -3.26. The van der Waals surface area contributed by atoms with Crippen LogP contribution in [0, 0.1) is 0 Å². The SMILES string of the molecule is NCCCS(=O)(=O)NCCC(=O)N1CCCC1. The topological polar surface area (TPSA) is 92.5 Å². The van der Waals surface area contributed by atoms with Crippen LogP contribution < -0.4 is 10.5 Å². The first-order valence-corrected chi connectivity index (χ1v) is 7.65. The highest BCUT2D eigenvalue weighted by Gasteiger charge is 2.18. The minimum Gasteiger partial charge on any atom is -0.343 e. The van der Waals surface area contributed by atoms with Crippen molar-refractivity contribution in [1.82, 2.24) is 9.62 Å². The van der Waals surface area contributed by atoms with Crippen LogP contribution in [0.25, 0.3) is 0 Å². The predicted octanol–water partition coefficient (Wildman–Crippen LogP) is -0.733. The Hall–Kier alpha value is -0.660. The minimum atomic E-state index is -3.26. The molecule has 1 saturated heterocycles. The molecule has 0 bridgehead atoms. The van der Waals surface area contributed by atoms with Crippen molar-refractivity contribution in [2.24, 2.45) is 5.73 Å². The van der Waals surface area contributed by atoms with Gasteiger partial charge in [0.2, 0.25) is 15.9 Å². The molecular formula is C10H21N3O3S. The number of hydrogen-bond acceptors (Lipinski definition) is 4. The number of amides is 1. The van der Waals surface area contributed by atoms with Crippen molar-refractivity contribution in [1.29, 1.82) is 0 Å². The van der Waals surface area contributed by atoms with E-state index in [2.05, 4.69) is 4.72 Å². The molecule has 1 amide bonds. The number of likely N-dealkylation sites (tertiary alicyclic amines) is 1. The zero-order valence-corrected chi connectivity index (χ0v) is 10.8. The fourth-order valence-corrected chi connectivity index (χ4v) is 2.89. The smallest absolute Gasteiger partial charge is 0.223 e. The van der Waals surface area contributed by atoms with E-state index in [4.69, 9.17) is 5.73 Å². The van der Waals surface area contributed by atoms with Crippen LogP contribution in [-0.4, -0.2) is 51.2 Å². The first-order valence-electron chi connectivity index (χ1n) is 6.00. The lowest BCUT2D eigenvalue weighted by molar-refractivity contribution is -0.129. The molecule has 100 valence electrons. The van der Waals surface area contributed by atoms with Crippen LogP contribution >= 0.6 is 0 Å². The van der Waals surface area contributed by atoms with Crippen LogP contribution in [0.4, 0.5) is 0 Å². The number of nitrogens with zero attached hydrogens (tertiary/aromatic N) is 1. The molecule has 1 aliphatic heterocycles. The summed E-state index contributed by atoms with van der Waals surface area (Å²) < 4.78 is 25.2. The Morgan fingerprint density at radius 3 is 2.53 bits per heavy atom. The minimum absolute atomic E-state index is 0.0292. The number of nitrogens with two attached hydrogens (primary N) is 1. The van der Waals surface area contributed by atoms with Crippen molar-refractivity contribution in [2.45, 2.75) is 25.7 Å². The predicted molar refractivity (Wildman–Crippen MR) is 65.9 cm³/mol. The first kappa shape index (κ1) is 14.4. The molecule has 1 fully saturated rings. The maximum atomic E-state index is 11.6. The molecule has 0 radical (unpaired) electrons. The molecule has 17 heavy (non-hydrogen) atoms. The van der Waals surface area contributed by atoms with Crippen LogP contribution in [0.1, 0.15) is 25.7 Å². The van der Waals surface area contributed by atoms with E-state index in [9.17, 15) is 13.2 Å². The van der Waals surface area contributed by atoms with E-state index in [0.717, 1.165) is 25.9 Å². The van der Waals surface area contributed by atoms with E-state index in [-0.39, 0.29) is 24.6 Å². The third-order valence-corrected chi connectivity index (χ3v) is 4.21. The Labute approximate surface area is 103 Å². The summed E-state index contributed by atoms with van der Waals surface area (Å²) in [5.41, 5.74) is 5.24. The summed E-state index contributed by atoms with van der Waals surface area (Å²) >= 11 is 0. The number of rotatable bonds is 7. The third kappa shape index (κ3) is 5.47. The highest BCUT2D eigenvalue weighted by molar-refractivity contribution is 7.89. The summed E-state index contributed by atoms with van der Waals surface area (Å²) in [6.07, 6.45) is 2.78. The second kappa shape index (κ2) is 6.93. The third-order valence-electron chi connectivity index (χ3n) is 2.74. The number of carbonyl (C=O) groups is 1. The van der Waals surface area contributed by atoms with Gasteiger partial charge in [-0.2, -0.15) is 0 Å². The number of nitrogens with one attached hydrogen (secondary N) is 1. The molecule has 0 aromatic heterocycles. The van der Waals surface area contributed by atoms with Gasteiger partial charge in [0.05, 0.1) is 5.75 Å². The molecule has 0 saturated carbocycles. The zero-order chi connectivity index (χ0) is 12.7. The fourth-order valence-electron chi connectivity index (χ4n) is 1.78. The average molecular weight is 263 g/mol. The molecule has 0 aromatic carbocycles. The Bertz CT molecular complexity index is 337. The summed E-state index contributed by atoms with van der Waals surface area (Å²) in [6.45, 7) is 2.15. The van der Waals surface area contributed by atoms with Crippen molar-refractivity contribution in [2.75, 3.05) is 31.9 Å². The summed E-state index contributed by atoms with van der Waals surface area (Å²) in [6, 6.07) is 0. The van der Waals surface area contributed by atoms with Crippen molar-refractivity contribution < 1.29 is 13.2 Å². The first-order chi connectivity index (χ1) is 8.05. The number of hydrogen-bond donors (Lipinski definition) is 2. The molecule has 1 heterocycles. The number of carbonyl (C=O) groups excluding carboxylic acids is 1. The quantitative estimate of drug-likeness (QED) is 0.633. The summed E-state index contributed by atoms with van der Waals surface area (Å²) in [5.74, 6) is 0.0607. The molecule has 1 aliphatic rings. The lowest BCUT2D eigenvalue weighted by Gasteiger charge is -2.15. The maximum absolute atomic E-state index is 11.6. The average Bonchev–Trinajstić information content (AvgIpc) is 2.79. The van der Waals surface area contributed by atoms with Crippen LogP contribution in [-0.2, 0) is 14.8 Å². The largest absolute Gasteiger partial charge is 0.343 e. The van der Waals surface area contributed by atoms with Gasteiger partial charge < -0.3 is 10.6 Å². The van der Waals surface area contributed by atoms with E-state index in [1.165, 1.54) is 0 Å². The van der Waals surface area contributed by atoms with Crippen molar-refractivity contribution in [3.63, 3.8) is 0 Å². The second-order valence-electron chi connectivity index (χ2n) is 4.19. The van der Waals surface area contributed by atoms with E-state index in [1.807, 2.05) is 0 Å². The Morgan fingerprint density at radius 2 is 1.94 bits per heavy atom. The molecule has 6 nitrogen and oxygen atoms in total. The van der Waals surface area contributed by atoms with E-state index in [0.29, 0.717) is 13.0 Å². The molecule has 0 aromatic rings. The van der Waals surface area contributed by atoms with Crippen molar-refractivity contribution >= 4 is 15.9 Å². The zero-order valence-electron chi connectivity index (χ0n) is 10.0. The molecule has 0 aliphatic carbocycles. The second-order valence-corrected chi connectivity index (χ2v) is 6.12. The van der Waals surface area contributed by atoms with E-state index in [1.54, 1.807) is 4.90 Å². The van der Waals surface area contributed by atoms with Gasteiger partial charge >= 0.3 is 0 Å². The maximum Gasteiger partial charge on any atom is 0.223 e. The van der Waals surface area contributed by atoms with Crippen LogP contribution in [0.2, 0.25) is 0 Å².